The number of unbranched alkanes of at least 4 members (excludes halogenated alkanes) is 2. The van der Waals surface area contributed by atoms with Crippen LogP contribution in [0.1, 0.15) is 43.4 Å². The molecule has 0 spiro atoms. The highest BCUT2D eigenvalue weighted by atomic mass is 35.5. The van der Waals surface area contributed by atoms with Crippen molar-refractivity contribution < 1.29 is 19.4 Å². The molecule has 1 amide bonds. The number of hydrogen-bond acceptors (Lipinski definition) is 5. The van der Waals surface area contributed by atoms with Crippen LogP contribution in [0.3, 0.4) is 0 Å². The zero-order valence-electron chi connectivity index (χ0n) is 18.8. The molecule has 1 saturated heterocycles. The van der Waals surface area contributed by atoms with E-state index in [0.717, 1.165) is 19.3 Å². The number of halogens is 1. The first kappa shape index (κ1) is 23.5. The Morgan fingerprint density at radius 3 is 2.47 bits per heavy atom. The predicted octanol–water partition coefficient (Wildman–Crippen LogP) is 5.93. The van der Waals surface area contributed by atoms with Crippen LogP contribution in [0.2, 0.25) is 5.02 Å². The smallest absolute Gasteiger partial charge is 0.300 e. The number of nitrogens with zero attached hydrogens (tertiary/aromatic N) is 2. The Hall–Kier alpha value is -3.64. The fourth-order valence-corrected chi connectivity index (χ4v) is 4.18. The number of amides is 1. The van der Waals surface area contributed by atoms with E-state index in [2.05, 4.69) is 11.9 Å². The number of ketones is 1. The summed E-state index contributed by atoms with van der Waals surface area (Å²) in [6, 6.07) is 16.2. The molecule has 0 radical (unpaired) electrons. The number of anilines is 1. The van der Waals surface area contributed by atoms with E-state index in [-0.39, 0.29) is 11.3 Å². The summed E-state index contributed by atoms with van der Waals surface area (Å²) in [5, 5.41) is 11.6. The quantitative estimate of drug-likeness (QED) is 0.188. The second kappa shape index (κ2) is 10.5. The Bertz CT molecular complexity index is 1210. The van der Waals surface area contributed by atoms with E-state index in [9.17, 15) is 14.7 Å². The third-order valence-corrected chi connectivity index (χ3v) is 5.93. The standard InChI is InChI=1S/C27H25ClN2O4/c1-2-3-4-16-34-22-10-8-19(9-11-22)25(31)23-24(18-12-14-29-15-13-18)30(27(33)26(23)32)21-7-5-6-20(28)17-21/h5-15,17,24,31H,2-4,16H2,1H3/b25-23+. The second-order valence-corrected chi connectivity index (χ2v) is 8.45. The summed E-state index contributed by atoms with van der Waals surface area (Å²) < 4.78 is 5.74. The molecule has 1 unspecified atom stereocenters. The predicted molar refractivity (Wildman–Crippen MR) is 132 cm³/mol. The van der Waals surface area contributed by atoms with Gasteiger partial charge in [-0.15, -0.1) is 0 Å². The number of aliphatic hydroxyl groups excluding tert-OH is 1. The lowest BCUT2D eigenvalue weighted by Crippen LogP contribution is -2.29. The number of hydrogen-bond donors (Lipinski definition) is 1. The van der Waals surface area contributed by atoms with Crippen LogP contribution in [0, 0.1) is 0 Å². The van der Waals surface area contributed by atoms with E-state index >= 15 is 0 Å². The fourth-order valence-electron chi connectivity index (χ4n) is 3.99. The van der Waals surface area contributed by atoms with Gasteiger partial charge in [0.1, 0.15) is 11.5 Å². The summed E-state index contributed by atoms with van der Waals surface area (Å²) in [6.45, 7) is 2.75. The molecule has 1 atom stereocenters. The lowest BCUT2D eigenvalue weighted by Gasteiger charge is -2.25. The molecule has 2 heterocycles. The number of ether oxygens (including phenoxy) is 1. The zero-order valence-corrected chi connectivity index (χ0v) is 19.5. The summed E-state index contributed by atoms with van der Waals surface area (Å²) in [5.41, 5.74) is 1.54. The maximum atomic E-state index is 13.2. The number of Topliss-reactive ketones (excluding diaryl/α,β-unsaturated/α-hetero) is 1. The molecule has 174 valence electrons. The van der Waals surface area contributed by atoms with Crippen LogP contribution < -0.4 is 9.64 Å². The van der Waals surface area contributed by atoms with Gasteiger partial charge in [0.25, 0.3) is 11.7 Å². The van der Waals surface area contributed by atoms with Crippen LogP contribution >= 0.6 is 11.6 Å². The first-order chi connectivity index (χ1) is 16.5. The Kier molecular flexibility index (Phi) is 7.28. The maximum absolute atomic E-state index is 13.2. The van der Waals surface area contributed by atoms with E-state index in [0.29, 0.717) is 34.2 Å². The van der Waals surface area contributed by atoms with Gasteiger partial charge in [-0.2, -0.15) is 0 Å². The monoisotopic (exact) mass is 476 g/mol. The molecule has 1 aliphatic heterocycles. The molecule has 3 aromatic rings. The highest BCUT2D eigenvalue weighted by Crippen LogP contribution is 2.42. The third-order valence-electron chi connectivity index (χ3n) is 5.70. The Balaban J connectivity index is 1.74. The van der Waals surface area contributed by atoms with Gasteiger partial charge in [0.05, 0.1) is 18.2 Å². The van der Waals surface area contributed by atoms with Gasteiger partial charge in [-0.1, -0.05) is 37.4 Å². The van der Waals surface area contributed by atoms with Crippen molar-refractivity contribution in [2.45, 2.75) is 32.2 Å². The van der Waals surface area contributed by atoms with Gasteiger partial charge in [-0.3, -0.25) is 19.5 Å². The average molecular weight is 477 g/mol. The van der Waals surface area contributed by atoms with E-state index < -0.39 is 17.7 Å². The lowest BCUT2D eigenvalue weighted by atomic mass is 9.95. The minimum absolute atomic E-state index is 0.00721. The Morgan fingerprint density at radius 1 is 1.06 bits per heavy atom. The molecule has 34 heavy (non-hydrogen) atoms. The van der Waals surface area contributed by atoms with E-state index in [1.54, 1.807) is 73.1 Å². The summed E-state index contributed by atoms with van der Waals surface area (Å²) in [4.78, 5) is 31.7. The van der Waals surface area contributed by atoms with Crippen molar-refractivity contribution in [3.8, 4) is 5.75 Å². The molecule has 1 N–H and O–H groups in total. The van der Waals surface area contributed by atoms with Crippen LogP contribution in [-0.2, 0) is 9.59 Å². The van der Waals surface area contributed by atoms with Gasteiger partial charge in [0, 0.05) is 28.7 Å². The summed E-state index contributed by atoms with van der Waals surface area (Å²) in [7, 11) is 0. The number of rotatable bonds is 8. The Labute approximate surface area is 203 Å². The number of pyridine rings is 1. The molecule has 0 aliphatic carbocycles. The van der Waals surface area contributed by atoms with Gasteiger partial charge in [0.15, 0.2) is 0 Å². The number of benzene rings is 2. The average Bonchev–Trinajstić information content (AvgIpc) is 3.13. The summed E-state index contributed by atoms with van der Waals surface area (Å²) >= 11 is 6.16. The van der Waals surface area contributed by atoms with Crippen LogP contribution in [-0.4, -0.2) is 28.4 Å². The number of carbonyl (C=O) groups is 2. The van der Waals surface area contributed by atoms with Gasteiger partial charge in [-0.05, 0) is 66.6 Å². The first-order valence-corrected chi connectivity index (χ1v) is 11.6. The topological polar surface area (TPSA) is 79.7 Å². The molecule has 7 heteroatoms. The van der Waals surface area contributed by atoms with Crippen molar-refractivity contribution in [2.75, 3.05) is 11.5 Å². The van der Waals surface area contributed by atoms with Gasteiger partial charge < -0.3 is 9.84 Å². The number of carbonyl (C=O) groups excluding carboxylic acids is 2. The van der Waals surface area contributed by atoms with Crippen LogP contribution in [0.15, 0.2) is 78.6 Å². The maximum Gasteiger partial charge on any atom is 0.300 e. The third kappa shape index (κ3) is 4.82. The molecule has 6 nitrogen and oxygen atoms in total. The first-order valence-electron chi connectivity index (χ1n) is 11.2. The minimum atomic E-state index is -0.827. The zero-order chi connectivity index (χ0) is 24.1. The molecule has 4 rings (SSSR count). The second-order valence-electron chi connectivity index (χ2n) is 8.01. The highest BCUT2D eigenvalue weighted by Gasteiger charge is 2.47. The summed E-state index contributed by atoms with van der Waals surface area (Å²) in [6.07, 6.45) is 6.34. The lowest BCUT2D eigenvalue weighted by molar-refractivity contribution is -0.132. The molecule has 0 saturated carbocycles. The van der Waals surface area contributed by atoms with Crippen LogP contribution in [0.4, 0.5) is 5.69 Å². The van der Waals surface area contributed by atoms with Crippen molar-refractivity contribution in [1.82, 2.24) is 4.98 Å². The molecule has 2 aromatic carbocycles. The molecule has 1 aromatic heterocycles. The largest absolute Gasteiger partial charge is 0.507 e. The van der Waals surface area contributed by atoms with E-state index in [1.807, 2.05) is 0 Å². The van der Waals surface area contributed by atoms with Crippen molar-refractivity contribution >= 4 is 34.7 Å². The van der Waals surface area contributed by atoms with Crippen molar-refractivity contribution in [3.63, 3.8) is 0 Å². The van der Waals surface area contributed by atoms with Crippen molar-refractivity contribution in [2.24, 2.45) is 0 Å². The van der Waals surface area contributed by atoms with Crippen molar-refractivity contribution in [3.05, 3.63) is 94.8 Å². The normalized spacial score (nSPS) is 17.2. The molecular formula is C27H25ClN2O4. The molecule has 1 fully saturated rings. The highest BCUT2D eigenvalue weighted by molar-refractivity contribution is 6.51. The molecule has 1 aliphatic rings. The summed E-state index contributed by atoms with van der Waals surface area (Å²) in [5.74, 6) is -1.07. The van der Waals surface area contributed by atoms with E-state index in [4.69, 9.17) is 16.3 Å². The Morgan fingerprint density at radius 2 is 1.79 bits per heavy atom. The van der Waals surface area contributed by atoms with Gasteiger partial charge in [-0.25, -0.2) is 0 Å². The molecule has 0 bridgehead atoms. The SMILES string of the molecule is CCCCCOc1ccc(/C(O)=C2\C(=O)C(=O)N(c3cccc(Cl)c3)C2c2ccncc2)cc1. The van der Waals surface area contributed by atoms with Crippen LogP contribution in [0.25, 0.3) is 5.76 Å². The number of aromatic nitrogens is 1. The van der Waals surface area contributed by atoms with E-state index in [1.165, 1.54) is 4.90 Å². The minimum Gasteiger partial charge on any atom is -0.507 e. The van der Waals surface area contributed by atoms with Gasteiger partial charge >= 0.3 is 0 Å². The van der Waals surface area contributed by atoms with Crippen molar-refractivity contribution in [1.29, 1.82) is 0 Å². The molecular weight excluding hydrogens is 452 g/mol. The number of aliphatic hydroxyl groups is 1. The van der Waals surface area contributed by atoms with Gasteiger partial charge in [0.2, 0.25) is 0 Å². The fraction of sp³-hybridized carbons (Fsp3) is 0.222. The van der Waals surface area contributed by atoms with Crippen LogP contribution in [0.5, 0.6) is 5.75 Å².